The lowest BCUT2D eigenvalue weighted by molar-refractivity contribution is 0.191. The molecule has 0 saturated carbocycles. The zero-order chi connectivity index (χ0) is 18.2. The van der Waals surface area contributed by atoms with Crippen molar-refractivity contribution in [2.24, 2.45) is 4.99 Å². The first-order chi connectivity index (χ1) is 12.0. The zero-order valence-corrected chi connectivity index (χ0v) is 18.9. The number of aromatic nitrogens is 2. The maximum absolute atomic E-state index is 10.2. The molecule has 7 nitrogen and oxygen atoms in total. The minimum Gasteiger partial charge on any atom is -0.386 e. The Morgan fingerprint density at radius 1 is 1.38 bits per heavy atom. The summed E-state index contributed by atoms with van der Waals surface area (Å²) >= 11 is 7.25. The van der Waals surface area contributed by atoms with E-state index in [1.165, 1.54) is 11.3 Å². The predicted molar refractivity (Wildman–Crippen MR) is 116 cm³/mol. The summed E-state index contributed by atoms with van der Waals surface area (Å²) in [6.45, 7) is 7.62. The highest BCUT2D eigenvalue weighted by molar-refractivity contribution is 14.0. The van der Waals surface area contributed by atoms with E-state index in [1.807, 2.05) is 26.8 Å². The fourth-order valence-corrected chi connectivity index (χ4v) is 3.05. The van der Waals surface area contributed by atoms with Crippen LogP contribution in [-0.4, -0.2) is 40.8 Å². The monoisotopic (exact) mass is 513 g/mol. The lowest BCUT2D eigenvalue weighted by Crippen LogP contribution is -2.38. The SMILES string of the molecule is CCNC(=NCC(O)c1ccc(Cl)s1)NCCc1nc(C(C)C)no1.I. The van der Waals surface area contributed by atoms with Crippen molar-refractivity contribution in [3.8, 4) is 0 Å². The van der Waals surface area contributed by atoms with Crippen molar-refractivity contribution in [1.29, 1.82) is 0 Å². The fraction of sp³-hybridized carbons (Fsp3) is 0.562. The molecule has 0 radical (unpaired) electrons. The van der Waals surface area contributed by atoms with Crippen LogP contribution < -0.4 is 10.6 Å². The van der Waals surface area contributed by atoms with Crippen molar-refractivity contribution < 1.29 is 9.63 Å². The molecule has 2 aromatic heterocycles. The van der Waals surface area contributed by atoms with E-state index in [0.717, 1.165) is 11.4 Å². The molecule has 0 spiro atoms. The Hall–Kier alpha value is -0.910. The topological polar surface area (TPSA) is 95.6 Å². The summed E-state index contributed by atoms with van der Waals surface area (Å²) in [6.07, 6.45) is -0.0646. The number of nitrogens with one attached hydrogen (secondary N) is 2. The van der Waals surface area contributed by atoms with E-state index in [1.54, 1.807) is 6.07 Å². The van der Waals surface area contributed by atoms with Crippen molar-refractivity contribution >= 4 is 52.9 Å². The van der Waals surface area contributed by atoms with E-state index < -0.39 is 6.10 Å². The Balaban J connectivity index is 0.00000338. The maximum atomic E-state index is 10.2. The third kappa shape index (κ3) is 7.37. The number of aliphatic imine (C=N–C) groups is 1. The van der Waals surface area contributed by atoms with Gasteiger partial charge in [0, 0.05) is 30.3 Å². The molecule has 3 N–H and O–H groups in total. The van der Waals surface area contributed by atoms with Crippen LogP contribution in [0.2, 0.25) is 4.34 Å². The van der Waals surface area contributed by atoms with Gasteiger partial charge in [-0.15, -0.1) is 35.3 Å². The summed E-state index contributed by atoms with van der Waals surface area (Å²) in [6, 6.07) is 3.59. The number of rotatable bonds is 8. The maximum Gasteiger partial charge on any atom is 0.228 e. The molecular formula is C16H25ClIN5O2S. The molecule has 0 saturated heterocycles. The lowest BCUT2D eigenvalue weighted by Gasteiger charge is -2.11. The summed E-state index contributed by atoms with van der Waals surface area (Å²) in [5.74, 6) is 2.19. The number of hydrogen-bond donors (Lipinski definition) is 3. The molecule has 2 aromatic rings. The van der Waals surface area contributed by atoms with Crippen LogP contribution in [0.3, 0.4) is 0 Å². The molecule has 0 fully saturated rings. The molecule has 146 valence electrons. The first-order valence-electron chi connectivity index (χ1n) is 8.27. The van der Waals surface area contributed by atoms with Gasteiger partial charge in [0.25, 0.3) is 0 Å². The summed E-state index contributed by atoms with van der Waals surface area (Å²) in [4.78, 5) is 9.55. The molecule has 0 aliphatic carbocycles. The van der Waals surface area contributed by atoms with E-state index in [0.29, 0.717) is 35.0 Å². The molecule has 0 amide bonds. The van der Waals surface area contributed by atoms with Crippen LogP contribution in [0.5, 0.6) is 0 Å². The van der Waals surface area contributed by atoms with Gasteiger partial charge in [0.1, 0.15) is 6.10 Å². The number of guanidine groups is 1. The largest absolute Gasteiger partial charge is 0.386 e. The van der Waals surface area contributed by atoms with Gasteiger partial charge in [0.2, 0.25) is 5.89 Å². The van der Waals surface area contributed by atoms with Gasteiger partial charge in [-0.3, -0.25) is 4.99 Å². The summed E-state index contributed by atoms with van der Waals surface area (Å²) in [5, 5.41) is 20.4. The molecule has 0 aliphatic heterocycles. The van der Waals surface area contributed by atoms with E-state index in [-0.39, 0.29) is 36.4 Å². The Morgan fingerprint density at radius 3 is 2.73 bits per heavy atom. The Labute approximate surface area is 179 Å². The third-order valence-electron chi connectivity index (χ3n) is 3.32. The van der Waals surface area contributed by atoms with Crippen LogP contribution >= 0.6 is 46.9 Å². The predicted octanol–water partition coefficient (Wildman–Crippen LogP) is 3.36. The van der Waals surface area contributed by atoms with Gasteiger partial charge < -0.3 is 20.3 Å². The Kier molecular flexibility index (Phi) is 10.4. The summed E-state index contributed by atoms with van der Waals surface area (Å²) in [5.41, 5.74) is 0. The number of halogens is 2. The van der Waals surface area contributed by atoms with Crippen LogP contribution in [0.15, 0.2) is 21.6 Å². The lowest BCUT2D eigenvalue weighted by atomic mass is 10.2. The fourth-order valence-electron chi connectivity index (χ4n) is 2.01. The molecule has 0 bridgehead atoms. The van der Waals surface area contributed by atoms with Gasteiger partial charge in [-0.1, -0.05) is 30.6 Å². The molecule has 0 aliphatic rings. The highest BCUT2D eigenvalue weighted by atomic mass is 127. The van der Waals surface area contributed by atoms with Crippen LogP contribution in [0, 0.1) is 0 Å². The number of hydrogen-bond acceptors (Lipinski definition) is 6. The number of aliphatic hydroxyl groups excluding tert-OH is 1. The first-order valence-corrected chi connectivity index (χ1v) is 9.47. The van der Waals surface area contributed by atoms with Crippen molar-refractivity contribution in [2.45, 2.75) is 39.2 Å². The molecule has 0 aromatic carbocycles. The number of thiophene rings is 1. The van der Waals surface area contributed by atoms with E-state index in [9.17, 15) is 5.11 Å². The normalized spacial score (nSPS) is 12.8. The number of aliphatic hydroxyl groups is 1. The van der Waals surface area contributed by atoms with Gasteiger partial charge in [-0.2, -0.15) is 4.98 Å². The molecule has 1 atom stereocenters. The van der Waals surface area contributed by atoms with Crippen molar-refractivity contribution in [3.05, 3.63) is 33.1 Å². The Morgan fingerprint density at radius 2 is 2.15 bits per heavy atom. The number of nitrogens with zero attached hydrogens (tertiary/aromatic N) is 3. The van der Waals surface area contributed by atoms with Gasteiger partial charge in [-0.05, 0) is 19.1 Å². The van der Waals surface area contributed by atoms with Gasteiger partial charge in [0.15, 0.2) is 11.8 Å². The first kappa shape index (κ1) is 23.1. The van der Waals surface area contributed by atoms with Gasteiger partial charge in [-0.25, -0.2) is 0 Å². The highest BCUT2D eigenvalue weighted by Gasteiger charge is 2.11. The van der Waals surface area contributed by atoms with Crippen LogP contribution in [0.25, 0.3) is 0 Å². The molecule has 26 heavy (non-hydrogen) atoms. The van der Waals surface area contributed by atoms with Crippen molar-refractivity contribution in [1.82, 2.24) is 20.8 Å². The molecule has 10 heteroatoms. The van der Waals surface area contributed by atoms with E-state index >= 15 is 0 Å². The zero-order valence-electron chi connectivity index (χ0n) is 15.0. The van der Waals surface area contributed by atoms with E-state index in [4.69, 9.17) is 16.1 Å². The second kappa shape index (κ2) is 11.7. The minimum atomic E-state index is -0.669. The molecule has 1 unspecified atom stereocenters. The van der Waals surface area contributed by atoms with Crippen LogP contribution in [0.4, 0.5) is 0 Å². The quantitative estimate of drug-likeness (QED) is 0.285. The smallest absolute Gasteiger partial charge is 0.228 e. The summed E-state index contributed by atoms with van der Waals surface area (Å²) < 4.78 is 5.87. The molecule has 2 heterocycles. The molecule has 2 rings (SSSR count). The second-order valence-corrected chi connectivity index (χ2v) is 7.50. The van der Waals surface area contributed by atoms with Gasteiger partial charge in [0.05, 0.1) is 10.9 Å². The standard InChI is InChI=1S/C16H24ClN5O2S.HI/c1-4-18-16(20-9-11(23)12-5-6-13(17)25-12)19-8-7-14-21-15(10(2)3)22-24-14;/h5-6,10-11,23H,4,7-9H2,1-3H3,(H2,18,19,20);1H. The second-order valence-electron chi connectivity index (χ2n) is 5.76. The van der Waals surface area contributed by atoms with E-state index in [2.05, 4.69) is 25.8 Å². The Bertz CT molecular complexity index is 692. The third-order valence-corrected chi connectivity index (χ3v) is 4.65. The van der Waals surface area contributed by atoms with Crippen LogP contribution in [0.1, 0.15) is 49.4 Å². The minimum absolute atomic E-state index is 0. The van der Waals surface area contributed by atoms with Crippen LogP contribution in [-0.2, 0) is 6.42 Å². The highest BCUT2D eigenvalue weighted by Crippen LogP contribution is 2.26. The molecular weight excluding hydrogens is 489 g/mol. The summed E-state index contributed by atoms with van der Waals surface area (Å²) in [7, 11) is 0. The van der Waals surface area contributed by atoms with Gasteiger partial charge >= 0.3 is 0 Å². The van der Waals surface area contributed by atoms with Crippen molar-refractivity contribution in [2.75, 3.05) is 19.6 Å². The van der Waals surface area contributed by atoms with Crippen molar-refractivity contribution in [3.63, 3.8) is 0 Å². The average molecular weight is 514 g/mol. The average Bonchev–Trinajstić information content (AvgIpc) is 3.21.